The molecule has 78 valence electrons. The zero-order valence-electron chi connectivity index (χ0n) is 8.84. The smallest absolute Gasteiger partial charge is 0.220 e. The van der Waals surface area contributed by atoms with Crippen molar-refractivity contribution in [3.63, 3.8) is 0 Å². The van der Waals surface area contributed by atoms with E-state index in [2.05, 4.69) is 19.2 Å². The van der Waals surface area contributed by atoms with Gasteiger partial charge in [0, 0.05) is 13.0 Å². The van der Waals surface area contributed by atoms with Crippen molar-refractivity contribution >= 4 is 5.91 Å². The zero-order valence-corrected chi connectivity index (χ0v) is 8.84. The lowest BCUT2D eigenvalue weighted by Gasteiger charge is -2.11. The number of hydrogen-bond acceptors (Lipinski definition) is 2. The van der Waals surface area contributed by atoms with Gasteiger partial charge in [-0.25, -0.2) is 0 Å². The van der Waals surface area contributed by atoms with Gasteiger partial charge in [0.25, 0.3) is 0 Å². The summed E-state index contributed by atoms with van der Waals surface area (Å²) < 4.78 is 0. The molecule has 2 unspecified atom stereocenters. The molecule has 0 radical (unpaired) electrons. The van der Waals surface area contributed by atoms with Crippen LogP contribution >= 0.6 is 0 Å². The van der Waals surface area contributed by atoms with E-state index in [9.17, 15) is 9.90 Å². The quantitative estimate of drug-likeness (QED) is 0.658. The topological polar surface area (TPSA) is 49.3 Å². The highest BCUT2D eigenvalue weighted by molar-refractivity contribution is 5.76. The summed E-state index contributed by atoms with van der Waals surface area (Å²) >= 11 is 0. The van der Waals surface area contributed by atoms with Crippen molar-refractivity contribution in [3.05, 3.63) is 0 Å². The van der Waals surface area contributed by atoms with E-state index in [-0.39, 0.29) is 5.91 Å². The zero-order chi connectivity index (χ0) is 10.3. The van der Waals surface area contributed by atoms with E-state index in [0.717, 1.165) is 6.42 Å². The molecule has 0 aliphatic rings. The van der Waals surface area contributed by atoms with Crippen LogP contribution in [0.25, 0.3) is 0 Å². The maximum absolute atomic E-state index is 11.2. The lowest BCUT2D eigenvalue weighted by atomic mass is 10.1. The molecule has 0 aromatic carbocycles. The summed E-state index contributed by atoms with van der Waals surface area (Å²) in [6.07, 6.45) is 1.86. The lowest BCUT2D eigenvalue weighted by Crippen LogP contribution is -2.32. The Bertz CT molecular complexity index is 148. The van der Waals surface area contributed by atoms with Crippen LogP contribution in [-0.2, 0) is 4.79 Å². The van der Waals surface area contributed by atoms with Gasteiger partial charge in [0.1, 0.15) is 0 Å². The molecule has 0 aromatic heterocycles. The molecule has 0 saturated carbocycles. The third-order valence-corrected chi connectivity index (χ3v) is 2.24. The fourth-order valence-corrected chi connectivity index (χ4v) is 0.909. The maximum Gasteiger partial charge on any atom is 0.220 e. The highest BCUT2D eigenvalue weighted by atomic mass is 16.3. The van der Waals surface area contributed by atoms with Gasteiger partial charge in [0.2, 0.25) is 5.91 Å². The second-order valence-electron chi connectivity index (χ2n) is 3.58. The molecule has 0 aromatic rings. The summed E-state index contributed by atoms with van der Waals surface area (Å²) in [7, 11) is 0. The molecule has 0 fully saturated rings. The van der Waals surface area contributed by atoms with Gasteiger partial charge in [-0.15, -0.1) is 0 Å². The largest absolute Gasteiger partial charge is 0.391 e. The average molecular weight is 187 g/mol. The highest BCUT2D eigenvalue weighted by Gasteiger charge is 2.08. The summed E-state index contributed by atoms with van der Waals surface area (Å²) in [5.41, 5.74) is 0. The normalized spacial score (nSPS) is 15.1. The molecule has 13 heavy (non-hydrogen) atoms. The van der Waals surface area contributed by atoms with Crippen LogP contribution in [0, 0.1) is 5.92 Å². The Morgan fingerprint density at radius 3 is 2.46 bits per heavy atom. The summed E-state index contributed by atoms with van der Waals surface area (Å²) in [4.78, 5) is 11.2. The summed E-state index contributed by atoms with van der Waals surface area (Å²) in [5.74, 6) is 0.473. The Labute approximate surface area is 80.5 Å². The van der Waals surface area contributed by atoms with Gasteiger partial charge in [0.05, 0.1) is 6.10 Å². The minimum atomic E-state index is -0.402. The summed E-state index contributed by atoms with van der Waals surface area (Å²) in [6, 6.07) is 0. The van der Waals surface area contributed by atoms with E-state index >= 15 is 0 Å². The predicted molar refractivity (Wildman–Crippen MR) is 53.4 cm³/mol. The molecule has 3 heteroatoms. The standard InChI is InChI=1S/C10H21NO2/c1-4-8(3)6-10(13)11-7-9(12)5-2/h8-9,12H,4-7H2,1-3H3,(H,11,13). The minimum Gasteiger partial charge on any atom is -0.391 e. The van der Waals surface area contributed by atoms with Crippen molar-refractivity contribution in [2.75, 3.05) is 6.54 Å². The summed E-state index contributed by atoms with van der Waals surface area (Å²) in [6.45, 7) is 6.39. The molecule has 0 aliphatic carbocycles. The van der Waals surface area contributed by atoms with Crippen molar-refractivity contribution in [2.45, 2.75) is 46.1 Å². The van der Waals surface area contributed by atoms with E-state index in [4.69, 9.17) is 0 Å². The lowest BCUT2D eigenvalue weighted by molar-refractivity contribution is -0.122. The molecule has 0 saturated heterocycles. The van der Waals surface area contributed by atoms with E-state index < -0.39 is 6.10 Å². The fraction of sp³-hybridized carbons (Fsp3) is 0.900. The number of nitrogens with one attached hydrogen (secondary N) is 1. The van der Waals surface area contributed by atoms with E-state index in [1.807, 2.05) is 6.92 Å². The van der Waals surface area contributed by atoms with E-state index in [1.165, 1.54) is 0 Å². The Morgan fingerprint density at radius 2 is 2.00 bits per heavy atom. The first-order valence-electron chi connectivity index (χ1n) is 5.04. The van der Waals surface area contributed by atoms with Crippen LogP contribution in [0.4, 0.5) is 0 Å². The first kappa shape index (κ1) is 12.4. The Balaban J connectivity index is 3.51. The van der Waals surface area contributed by atoms with Gasteiger partial charge in [-0.1, -0.05) is 27.2 Å². The van der Waals surface area contributed by atoms with Crippen LogP contribution in [0.3, 0.4) is 0 Å². The molecule has 0 bridgehead atoms. The first-order valence-corrected chi connectivity index (χ1v) is 5.04. The van der Waals surface area contributed by atoms with Crippen molar-refractivity contribution in [2.24, 2.45) is 5.92 Å². The van der Waals surface area contributed by atoms with Crippen molar-refractivity contribution in [1.82, 2.24) is 5.32 Å². The van der Waals surface area contributed by atoms with Crippen molar-refractivity contribution in [3.8, 4) is 0 Å². The second kappa shape index (κ2) is 6.89. The monoisotopic (exact) mass is 187 g/mol. The Morgan fingerprint density at radius 1 is 1.38 bits per heavy atom. The number of carbonyl (C=O) groups is 1. The predicted octanol–water partition coefficient (Wildman–Crippen LogP) is 1.31. The molecular weight excluding hydrogens is 166 g/mol. The Kier molecular flexibility index (Phi) is 6.59. The number of rotatable bonds is 6. The average Bonchev–Trinajstić information content (AvgIpc) is 2.13. The molecule has 0 heterocycles. The molecule has 1 amide bonds. The second-order valence-corrected chi connectivity index (χ2v) is 3.58. The SMILES string of the molecule is CCC(C)CC(=O)NCC(O)CC. The van der Waals surface area contributed by atoms with E-state index in [0.29, 0.717) is 25.3 Å². The van der Waals surface area contributed by atoms with Crippen molar-refractivity contribution in [1.29, 1.82) is 0 Å². The fourth-order valence-electron chi connectivity index (χ4n) is 0.909. The van der Waals surface area contributed by atoms with Gasteiger partial charge >= 0.3 is 0 Å². The minimum absolute atomic E-state index is 0.0434. The number of amides is 1. The van der Waals surface area contributed by atoms with Gasteiger partial charge in [-0.2, -0.15) is 0 Å². The molecule has 2 N–H and O–H groups in total. The van der Waals surface area contributed by atoms with Gasteiger partial charge in [0.15, 0.2) is 0 Å². The number of aliphatic hydroxyl groups is 1. The molecule has 0 rings (SSSR count). The molecule has 3 nitrogen and oxygen atoms in total. The van der Waals surface area contributed by atoms with Crippen LogP contribution in [0.2, 0.25) is 0 Å². The third-order valence-electron chi connectivity index (χ3n) is 2.24. The number of carbonyl (C=O) groups excluding carboxylic acids is 1. The first-order chi connectivity index (χ1) is 6.10. The van der Waals surface area contributed by atoms with Gasteiger partial charge < -0.3 is 10.4 Å². The molecule has 0 aliphatic heterocycles. The van der Waals surface area contributed by atoms with Crippen LogP contribution in [0.5, 0.6) is 0 Å². The van der Waals surface area contributed by atoms with Crippen LogP contribution in [0.15, 0.2) is 0 Å². The van der Waals surface area contributed by atoms with Crippen LogP contribution < -0.4 is 5.32 Å². The molecular formula is C10H21NO2. The summed E-state index contributed by atoms with van der Waals surface area (Å²) in [5, 5.41) is 11.9. The number of hydrogen-bond donors (Lipinski definition) is 2. The van der Waals surface area contributed by atoms with Crippen molar-refractivity contribution < 1.29 is 9.90 Å². The van der Waals surface area contributed by atoms with E-state index in [1.54, 1.807) is 0 Å². The van der Waals surface area contributed by atoms with Gasteiger partial charge in [-0.3, -0.25) is 4.79 Å². The number of aliphatic hydroxyl groups excluding tert-OH is 1. The molecule has 2 atom stereocenters. The van der Waals surface area contributed by atoms with Crippen LogP contribution in [0.1, 0.15) is 40.0 Å². The van der Waals surface area contributed by atoms with Gasteiger partial charge in [-0.05, 0) is 12.3 Å². The third kappa shape index (κ3) is 6.58. The molecule has 0 spiro atoms. The maximum atomic E-state index is 11.2. The highest BCUT2D eigenvalue weighted by Crippen LogP contribution is 2.05. The van der Waals surface area contributed by atoms with Crippen LogP contribution in [-0.4, -0.2) is 23.7 Å². The Hall–Kier alpha value is -0.570.